The Bertz CT molecular complexity index is 911. The highest BCUT2D eigenvalue weighted by Gasteiger charge is 2.31. The van der Waals surface area contributed by atoms with E-state index in [0.29, 0.717) is 17.5 Å². The van der Waals surface area contributed by atoms with Crippen molar-refractivity contribution in [2.24, 2.45) is 5.92 Å². The molecule has 0 aliphatic heterocycles. The van der Waals surface area contributed by atoms with Crippen LogP contribution in [0.4, 0.5) is 5.82 Å². The zero-order valence-corrected chi connectivity index (χ0v) is 14.8. The average molecular weight is 351 g/mol. The molecule has 7 nitrogen and oxygen atoms in total. The first kappa shape index (κ1) is 16.4. The van der Waals surface area contributed by atoms with Crippen LogP contribution in [0.1, 0.15) is 36.3 Å². The third-order valence-corrected chi connectivity index (χ3v) is 4.74. The molecule has 1 atom stereocenters. The maximum absolute atomic E-state index is 12.8. The molecule has 3 aromatic rings. The lowest BCUT2D eigenvalue weighted by molar-refractivity contribution is 0.101. The van der Waals surface area contributed by atoms with Crippen molar-refractivity contribution in [1.29, 1.82) is 0 Å². The Balaban J connectivity index is 1.59. The van der Waals surface area contributed by atoms with Crippen LogP contribution in [-0.2, 0) is 0 Å². The molecule has 1 saturated carbocycles. The first-order valence-corrected chi connectivity index (χ1v) is 8.71. The van der Waals surface area contributed by atoms with Crippen molar-refractivity contribution in [1.82, 2.24) is 19.6 Å². The number of nitrogens with zero attached hydrogens (tertiary/aromatic N) is 4. The lowest BCUT2D eigenvalue weighted by Crippen LogP contribution is -2.19. The second-order valence-corrected chi connectivity index (χ2v) is 6.52. The molecule has 1 unspecified atom stereocenters. The van der Waals surface area contributed by atoms with Crippen LogP contribution in [0.2, 0.25) is 0 Å². The fourth-order valence-corrected chi connectivity index (χ4v) is 3.07. The molecule has 134 valence electrons. The van der Waals surface area contributed by atoms with E-state index in [1.807, 2.05) is 35.0 Å². The second kappa shape index (κ2) is 6.67. The molecule has 0 spiro atoms. The normalized spacial score (nSPS) is 14.8. The molecular formula is C19H21N5O2. The van der Waals surface area contributed by atoms with Gasteiger partial charge in [0.15, 0.2) is 11.4 Å². The highest BCUT2D eigenvalue weighted by atomic mass is 16.5. The van der Waals surface area contributed by atoms with E-state index in [4.69, 9.17) is 4.74 Å². The van der Waals surface area contributed by atoms with Gasteiger partial charge in [-0.15, -0.1) is 0 Å². The van der Waals surface area contributed by atoms with Crippen molar-refractivity contribution in [2.75, 3.05) is 12.4 Å². The summed E-state index contributed by atoms with van der Waals surface area (Å²) in [4.78, 5) is 12.8. The number of nitrogens with one attached hydrogen (secondary N) is 1. The van der Waals surface area contributed by atoms with Crippen LogP contribution in [0.3, 0.4) is 0 Å². The average Bonchev–Trinajstić information content (AvgIpc) is 3.26. The summed E-state index contributed by atoms with van der Waals surface area (Å²) in [6, 6.07) is 11.7. The topological polar surface area (TPSA) is 74.0 Å². The Morgan fingerprint density at radius 1 is 1.27 bits per heavy atom. The summed E-state index contributed by atoms with van der Waals surface area (Å²) in [5.41, 5.74) is 1.10. The summed E-state index contributed by atoms with van der Waals surface area (Å²) in [7, 11) is 1.53. The zero-order chi connectivity index (χ0) is 18.1. The fourth-order valence-electron chi connectivity index (χ4n) is 3.07. The van der Waals surface area contributed by atoms with E-state index in [1.165, 1.54) is 20.0 Å². The molecule has 1 aromatic carbocycles. The number of amides is 1. The third-order valence-electron chi connectivity index (χ3n) is 4.74. The predicted octanol–water partition coefficient (Wildman–Crippen LogP) is 3.30. The van der Waals surface area contributed by atoms with Gasteiger partial charge in [-0.3, -0.25) is 4.79 Å². The summed E-state index contributed by atoms with van der Waals surface area (Å²) in [5, 5.41) is 11.7. The van der Waals surface area contributed by atoms with Gasteiger partial charge in [0.1, 0.15) is 5.82 Å². The minimum atomic E-state index is -0.318. The minimum absolute atomic E-state index is 0.239. The summed E-state index contributed by atoms with van der Waals surface area (Å²) < 4.78 is 8.86. The second-order valence-electron chi connectivity index (χ2n) is 6.52. The van der Waals surface area contributed by atoms with Gasteiger partial charge in [0.25, 0.3) is 5.91 Å². The summed E-state index contributed by atoms with van der Waals surface area (Å²) in [6.45, 7) is 2.13. The van der Waals surface area contributed by atoms with Gasteiger partial charge < -0.3 is 10.1 Å². The number of carbonyl (C=O) groups is 1. The number of carbonyl (C=O) groups excluding carboxylic acids is 1. The smallest absolute Gasteiger partial charge is 0.281 e. The van der Waals surface area contributed by atoms with Crippen molar-refractivity contribution >= 4 is 11.7 Å². The summed E-state index contributed by atoms with van der Waals surface area (Å²) >= 11 is 0. The van der Waals surface area contributed by atoms with Gasteiger partial charge in [-0.2, -0.15) is 10.2 Å². The van der Waals surface area contributed by atoms with E-state index >= 15 is 0 Å². The van der Waals surface area contributed by atoms with Crippen molar-refractivity contribution in [3.63, 3.8) is 0 Å². The number of benzene rings is 1. The standard InChI is InChI=1S/C19H21N5O2/c1-13(14-8-9-14)24-17(10-11-20-24)21-19(25)18-16(26-2)12-23(22-18)15-6-4-3-5-7-15/h3-7,10-14H,8-9H2,1-2H3,(H,21,25). The Morgan fingerprint density at radius 2 is 2.04 bits per heavy atom. The number of hydrogen-bond acceptors (Lipinski definition) is 4. The highest BCUT2D eigenvalue weighted by Crippen LogP contribution is 2.40. The lowest BCUT2D eigenvalue weighted by Gasteiger charge is -2.15. The van der Waals surface area contributed by atoms with Gasteiger partial charge in [-0.25, -0.2) is 9.36 Å². The molecule has 4 rings (SSSR count). The van der Waals surface area contributed by atoms with Crippen molar-refractivity contribution in [3.8, 4) is 11.4 Å². The molecule has 7 heteroatoms. The van der Waals surface area contributed by atoms with Crippen molar-refractivity contribution in [2.45, 2.75) is 25.8 Å². The van der Waals surface area contributed by atoms with Crippen molar-refractivity contribution in [3.05, 3.63) is 54.5 Å². The first-order chi connectivity index (χ1) is 12.7. The van der Waals surface area contributed by atoms with E-state index in [9.17, 15) is 4.79 Å². The van der Waals surface area contributed by atoms with Gasteiger partial charge in [0.05, 0.1) is 31.2 Å². The Kier molecular flexibility index (Phi) is 4.20. The molecule has 1 fully saturated rings. The molecule has 0 saturated heterocycles. The Morgan fingerprint density at radius 3 is 2.73 bits per heavy atom. The molecule has 0 radical (unpaired) electrons. The van der Waals surface area contributed by atoms with Crippen LogP contribution in [0.15, 0.2) is 48.8 Å². The molecule has 26 heavy (non-hydrogen) atoms. The van der Waals surface area contributed by atoms with Gasteiger partial charge in [-0.05, 0) is 37.8 Å². The van der Waals surface area contributed by atoms with Crippen LogP contribution in [0.25, 0.3) is 5.69 Å². The zero-order valence-electron chi connectivity index (χ0n) is 14.8. The van der Waals surface area contributed by atoms with Gasteiger partial charge in [-0.1, -0.05) is 18.2 Å². The number of methoxy groups -OCH3 is 1. The van der Waals surface area contributed by atoms with Crippen LogP contribution in [0.5, 0.6) is 5.75 Å². The summed E-state index contributed by atoms with van der Waals surface area (Å²) in [6.07, 6.45) is 5.83. The van der Waals surface area contributed by atoms with E-state index in [1.54, 1.807) is 23.1 Å². The van der Waals surface area contributed by atoms with Crippen LogP contribution in [0, 0.1) is 5.92 Å². The first-order valence-electron chi connectivity index (χ1n) is 8.71. The summed E-state index contributed by atoms with van der Waals surface area (Å²) in [5.74, 6) is 1.41. The van der Waals surface area contributed by atoms with E-state index in [-0.39, 0.29) is 17.6 Å². The predicted molar refractivity (Wildman–Crippen MR) is 97.7 cm³/mol. The molecule has 1 N–H and O–H groups in total. The van der Waals surface area contributed by atoms with E-state index < -0.39 is 0 Å². The van der Waals surface area contributed by atoms with Gasteiger partial charge in [0.2, 0.25) is 0 Å². The van der Waals surface area contributed by atoms with Crippen LogP contribution >= 0.6 is 0 Å². The number of ether oxygens (including phenoxy) is 1. The number of rotatable bonds is 6. The number of aromatic nitrogens is 4. The SMILES string of the molecule is COc1cn(-c2ccccc2)nc1C(=O)Nc1ccnn1C(C)C1CC1. The monoisotopic (exact) mass is 351 g/mol. The molecule has 0 bridgehead atoms. The largest absolute Gasteiger partial charge is 0.493 e. The van der Waals surface area contributed by atoms with E-state index in [0.717, 1.165) is 5.69 Å². The highest BCUT2D eigenvalue weighted by molar-refractivity contribution is 6.04. The van der Waals surface area contributed by atoms with E-state index in [2.05, 4.69) is 22.4 Å². The Labute approximate surface area is 151 Å². The number of para-hydroxylation sites is 1. The maximum Gasteiger partial charge on any atom is 0.281 e. The number of hydrogen-bond donors (Lipinski definition) is 1. The maximum atomic E-state index is 12.8. The fraction of sp³-hybridized carbons (Fsp3) is 0.316. The van der Waals surface area contributed by atoms with Crippen LogP contribution < -0.4 is 10.1 Å². The van der Waals surface area contributed by atoms with Crippen molar-refractivity contribution < 1.29 is 9.53 Å². The van der Waals surface area contributed by atoms with Gasteiger partial charge in [0, 0.05) is 6.07 Å². The molecule has 1 amide bonds. The quantitative estimate of drug-likeness (QED) is 0.739. The molecule has 2 aromatic heterocycles. The van der Waals surface area contributed by atoms with Gasteiger partial charge >= 0.3 is 0 Å². The third kappa shape index (κ3) is 3.08. The molecule has 2 heterocycles. The Hall–Kier alpha value is -3.09. The van der Waals surface area contributed by atoms with Crippen LogP contribution in [-0.4, -0.2) is 32.6 Å². The number of anilines is 1. The molecular weight excluding hydrogens is 330 g/mol. The lowest BCUT2D eigenvalue weighted by atomic mass is 10.2. The molecule has 1 aliphatic carbocycles. The minimum Gasteiger partial charge on any atom is -0.493 e. The molecule has 1 aliphatic rings.